The van der Waals surface area contributed by atoms with E-state index in [9.17, 15) is 0 Å². The zero-order valence-corrected chi connectivity index (χ0v) is 14.1. The van der Waals surface area contributed by atoms with Gasteiger partial charge in [0.25, 0.3) is 0 Å². The zero-order valence-electron chi connectivity index (χ0n) is 11.8. The molecule has 1 aromatic heterocycles. The third-order valence-electron chi connectivity index (χ3n) is 2.44. The van der Waals surface area contributed by atoms with Gasteiger partial charge in [0.1, 0.15) is 0 Å². The average Bonchev–Trinajstić information content (AvgIpc) is 2.86. The van der Waals surface area contributed by atoms with Crippen molar-refractivity contribution in [3.63, 3.8) is 0 Å². The predicted octanol–water partition coefficient (Wildman–Crippen LogP) is 1.09. The number of rotatable bonds is 7. The van der Waals surface area contributed by atoms with E-state index in [4.69, 9.17) is 4.74 Å². The van der Waals surface area contributed by atoms with Gasteiger partial charge in [-0.3, -0.25) is 9.67 Å². The van der Waals surface area contributed by atoms with E-state index in [2.05, 4.69) is 27.6 Å². The molecule has 0 saturated heterocycles. The molecule has 0 aliphatic heterocycles. The second kappa shape index (κ2) is 11.0. The predicted molar refractivity (Wildman–Crippen MR) is 88.1 cm³/mol. The van der Waals surface area contributed by atoms with E-state index >= 15 is 0 Å². The van der Waals surface area contributed by atoms with Crippen molar-refractivity contribution < 1.29 is 4.74 Å². The van der Waals surface area contributed by atoms with Crippen LogP contribution in [-0.2, 0) is 11.3 Å². The van der Waals surface area contributed by atoms with Crippen LogP contribution in [0.1, 0.15) is 13.3 Å². The van der Waals surface area contributed by atoms with Gasteiger partial charge in [0.05, 0.1) is 6.61 Å². The van der Waals surface area contributed by atoms with Crippen LogP contribution in [0.4, 0.5) is 0 Å². The Kier molecular flexibility index (Phi) is 10.6. The van der Waals surface area contributed by atoms with Crippen LogP contribution < -0.4 is 10.6 Å². The van der Waals surface area contributed by atoms with E-state index in [0.29, 0.717) is 6.61 Å². The van der Waals surface area contributed by atoms with Crippen LogP contribution in [0.3, 0.4) is 0 Å². The lowest BCUT2D eigenvalue weighted by atomic mass is 10.3. The molecule has 1 aromatic rings. The van der Waals surface area contributed by atoms with E-state index in [1.165, 1.54) is 0 Å². The number of aliphatic imine (C=N–C) groups is 1. The van der Waals surface area contributed by atoms with E-state index in [1.807, 2.05) is 16.9 Å². The first-order chi connectivity index (χ1) is 8.76. The van der Waals surface area contributed by atoms with Crippen molar-refractivity contribution in [1.82, 2.24) is 20.4 Å². The lowest BCUT2D eigenvalue weighted by Gasteiger charge is -2.17. The van der Waals surface area contributed by atoms with Gasteiger partial charge in [-0.1, -0.05) is 0 Å². The Hall–Kier alpha value is -0.830. The standard InChI is InChI=1S/C12H23N5O.HI/c1-11(10-18-3)16-12(13-2)14-6-4-8-17-9-5-7-15-17;/h5,7,9,11H,4,6,8,10H2,1-3H3,(H2,13,14,16);1H. The van der Waals surface area contributed by atoms with Gasteiger partial charge in [0.2, 0.25) is 0 Å². The SMILES string of the molecule is CN=C(NCCCn1cccn1)NC(C)COC.I. The second-order valence-electron chi connectivity index (χ2n) is 4.12. The van der Waals surface area contributed by atoms with E-state index in [0.717, 1.165) is 25.5 Å². The first kappa shape index (κ1) is 18.2. The Labute approximate surface area is 132 Å². The summed E-state index contributed by atoms with van der Waals surface area (Å²) in [6, 6.07) is 2.17. The third-order valence-corrected chi connectivity index (χ3v) is 2.44. The summed E-state index contributed by atoms with van der Waals surface area (Å²) in [6.07, 6.45) is 4.76. The quantitative estimate of drug-likeness (QED) is 0.321. The van der Waals surface area contributed by atoms with Gasteiger partial charge in [-0.25, -0.2) is 0 Å². The summed E-state index contributed by atoms with van der Waals surface area (Å²) >= 11 is 0. The van der Waals surface area contributed by atoms with E-state index in [-0.39, 0.29) is 30.0 Å². The fourth-order valence-corrected chi connectivity index (χ4v) is 1.60. The number of aryl methyl sites for hydroxylation is 1. The van der Waals surface area contributed by atoms with Crippen molar-refractivity contribution in [2.75, 3.05) is 27.3 Å². The van der Waals surface area contributed by atoms with Crippen molar-refractivity contribution in [3.05, 3.63) is 18.5 Å². The van der Waals surface area contributed by atoms with Crippen LogP contribution in [0.5, 0.6) is 0 Å². The molecule has 0 amide bonds. The number of aromatic nitrogens is 2. The first-order valence-electron chi connectivity index (χ1n) is 6.19. The van der Waals surface area contributed by atoms with Crippen LogP contribution in [0.25, 0.3) is 0 Å². The maximum atomic E-state index is 5.07. The molecule has 0 bridgehead atoms. The number of hydrogen-bond donors (Lipinski definition) is 2. The minimum absolute atomic E-state index is 0. The fraction of sp³-hybridized carbons (Fsp3) is 0.667. The summed E-state index contributed by atoms with van der Waals surface area (Å²) in [5.41, 5.74) is 0. The normalized spacial score (nSPS) is 12.7. The second-order valence-corrected chi connectivity index (χ2v) is 4.12. The first-order valence-corrected chi connectivity index (χ1v) is 6.19. The molecule has 1 atom stereocenters. The highest BCUT2D eigenvalue weighted by atomic mass is 127. The number of hydrogen-bond acceptors (Lipinski definition) is 3. The molecule has 19 heavy (non-hydrogen) atoms. The maximum Gasteiger partial charge on any atom is 0.191 e. The highest BCUT2D eigenvalue weighted by molar-refractivity contribution is 14.0. The summed E-state index contributed by atoms with van der Waals surface area (Å²) in [7, 11) is 3.46. The van der Waals surface area contributed by atoms with Crippen molar-refractivity contribution >= 4 is 29.9 Å². The molecular formula is C12H24IN5O. The Morgan fingerprint density at radius 2 is 2.32 bits per heavy atom. The molecule has 7 heteroatoms. The monoisotopic (exact) mass is 381 g/mol. The topological polar surface area (TPSA) is 63.5 Å². The Balaban J connectivity index is 0.00000324. The molecule has 1 rings (SSSR count). The summed E-state index contributed by atoms with van der Waals surface area (Å²) in [5.74, 6) is 0.806. The van der Waals surface area contributed by atoms with E-state index < -0.39 is 0 Å². The lowest BCUT2D eigenvalue weighted by Crippen LogP contribution is -2.44. The number of guanidine groups is 1. The highest BCUT2D eigenvalue weighted by Crippen LogP contribution is 1.88. The van der Waals surface area contributed by atoms with Gasteiger partial charge in [0, 0.05) is 45.7 Å². The Bertz CT molecular complexity index is 342. The van der Waals surface area contributed by atoms with Crippen LogP contribution in [0.15, 0.2) is 23.5 Å². The Morgan fingerprint density at radius 3 is 2.89 bits per heavy atom. The minimum Gasteiger partial charge on any atom is -0.383 e. The molecule has 1 heterocycles. The van der Waals surface area contributed by atoms with Gasteiger partial charge in [-0.05, 0) is 19.4 Å². The lowest BCUT2D eigenvalue weighted by molar-refractivity contribution is 0.179. The number of nitrogens with zero attached hydrogens (tertiary/aromatic N) is 3. The molecule has 0 saturated carbocycles. The fourth-order valence-electron chi connectivity index (χ4n) is 1.60. The summed E-state index contributed by atoms with van der Waals surface area (Å²) < 4.78 is 6.99. The molecule has 1 unspecified atom stereocenters. The largest absolute Gasteiger partial charge is 0.383 e. The van der Waals surface area contributed by atoms with Crippen LogP contribution in [0.2, 0.25) is 0 Å². The molecular weight excluding hydrogens is 357 g/mol. The van der Waals surface area contributed by atoms with Crippen LogP contribution >= 0.6 is 24.0 Å². The molecule has 0 radical (unpaired) electrons. The number of methoxy groups -OCH3 is 1. The minimum atomic E-state index is 0. The molecule has 0 aliphatic carbocycles. The van der Waals surface area contributed by atoms with Gasteiger partial charge in [-0.2, -0.15) is 5.10 Å². The average molecular weight is 381 g/mol. The number of nitrogens with one attached hydrogen (secondary N) is 2. The van der Waals surface area contributed by atoms with Gasteiger partial charge >= 0.3 is 0 Å². The van der Waals surface area contributed by atoms with Gasteiger partial charge < -0.3 is 15.4 Å². The zero-order chi connectivity index (χ0) is 13.2. The molecule has 6 nitrogen and oxygen atoms in total. The summed E-state index contributed by atoms with van der Waals surface area (Å²) in [5, 5.41) is 10.7. The van der Waals surface area contributed by atoms with Crippen molar-refractivity contribution in [2.45, 2.75) is 25.9 Å². The maximum absolute atomic E-state index is 5.07. The Morgan fingerprint density at radius 1 is 1.53 bits per heavy atom. The van der Waals surface area contributed by atoms with Gasteiger partial charge in [-0.15, -0.1) is 24.0 Å². The third kappa shape index (κ3) is 8.04. The molecule has 0 fully saturated rings. The smallest absolute Gasteiger partial charge is 0.191 e. The number of ether oxygens (including phenoxy) is 1. The highest BCUT2D eigenvalue weighted by Gasteiger charge is 2.03. The van der Waals surface area contributed by atoms with Crippen molar-refractivity contribution in [2.24, 2.45) is 4.99 Å². The molecule has 0 aromatic carbocycles. The van der Waals surface area contributed by atoms with Crippen LogP contribution in [0, 0.1) is 0 Å². The number of halogens is 1. The van der Waals surface area contributed by atoms with E-state index in [1.54, 1.807) is 20.4 Å². The van der Waals surface area contributed by atoms with Gasteiger partial charge in [0.15, 0.2) is 5.96 Å². The summed E-state index contributed by atoms with van der Waals surface area (Å²) in [4.78, 5) is 4.16. The molecule has 110 valence electrons. The molecule has 0 aliphatic rings. The van der Waals surface area contributed by atoms with Crippen LogP contribution in [-0.4, -0.2) is 49.1 Å². The molecule has 2 N–H and O–H groups in total. The van der Waals surface area contributed by atoms with Crippen molar-refractivity contribution in [1.29, 1.82) is 0 Å². The summed E-state index contributed by atoms with van der Waals surface area (Å²) in [6.45, 7) is 4.48. The molecule has 0 spiro atoms. The van der Waals surface area contributed by atoms with Crippen molar-refractivity contribution in [3.8, 4) is 0 Å².